The zero-order valence-electron chi connectivity index (χ0n) is 13.3. The molecule has 3 atom stereocenters. The van der Waals surface area contributed by atoms with E-state index in [0.717, 1.165) is 19.3 Å². The van der Waals surface area contributed by atoms with Crippen LogP contribution in [0.5, 0.6) is 0 Å². The maximum Gasteiger partial charge on any atom is 0.244 e. The summed E-state index contributed by atoms with van der Waals surface area (Å²) in [6.45, 7) is 8.00. The Labute approximate surface area is 127 Å². The van der Waals surface area contributed by atoms with E-state index in [2.05, 4.69) is 18.6 Å². The largest absolute Gasteiger partial charge is 0.465 e. The van der Waals surface area contributed by atoms with Crippen molar-refractivity contribution in [1.82, 2.24) is 4.72 Å². The highest BCUT2D eigenvalue weighted by Gasteiger charge is 2.31. The number of hydrogen-bond acceptors (Lipinski definition) is 4. The Morgan fingerprint density at radius 2 is 1.86 bits per heavy atom. The minimum atomic E-state index is -3.58. The molecule has 0 spiro atoms. The molecule has 1 aromatic heterocycles. The molecule has 0 bridgehead atoms. The number of nitrogens with one attached hydrogen (secondary N) is 1. The van der Waals surface area contributed by atoms with Crippen molar-refractivity contribution < 1.29 is 12.8 Å². The van der Waals surface area contributed by atoms with Crippen molar-refractivity contribution in [2.45, 2.75) is 64.4 Å². The van der Waals surface area contributed by atoms with Gasteiger partial charge in [-0.2, -0.15) is 0 Å². The van der Waals surface area contributed by atoms with Gasteiger partial charge in [-0.25, -0.2) is 13.1 Å². The van der Waals surface area contributed by atoms with E-state index < -0.39 is 10.0 Å². The number of hydrogen-bond donors (Lipinski definition) is 2. The first kappa shape index (κ1) is 16.5. The monoisotopic (exact) mass is 314 g/mol. The molecule has 2 rings (SSSR count). The van der Waals surface area contributed by atoms with Crippen LogP contribution in [0, 0.1) is 25.7 Å². The van der Waals surface area contributed by atoms with Crippen molar-refractivity contribution in [3.8, 4) is 0 Å². The van der Waals surface area contributed by atoms with E-state index in [0.29, 0.717) is 28.9 Å². The molecule has 1 saturated carbocycles. The fourth-order valence-corrected chi connectivity index (χ4v) is 4.97. The second-order valence-corrected chi connectivity index (χ2v) is 7.96. The third-order valence-corrected chi connectivity index (χ3v) is 6.43. The van der Waals surface area contributed by atoms with Crippen molar-refractivity contribution in [3.63, 3.8) is 0 Å². The quantitative estimate of drug-likeness (QED) is 0.894. The molecule has 0 radical (unpaired) electrons. The average molecular weight is 314 g/mol. The molecule has 5 nitrogen and oxygen atoms in total. The molecule has 1 aromatic rings. The summed E-state index contributed by atoms with van der Waals surface area (Å²) in [6, 6.07) is 0.00132. The second-order valence-electron chi connectivity index (χ2n) is 6.31. The normalized spacial score (nSPS) is 27.0. The molecule has 0 amide bonds. The Kier molecular flexibility index (Phi) is 4.80. The number of sulfonamides is 1. The molecule has 1 fully saturated rings. The van der Waals surface area contributed by atoms with Crippen LogP contribution in [0.4, 0.5) is 0 Å². The van der Waals surface area contributed by atoms with Gasteiger partial charge in [0.25, 0.3) is 0 Å². The van der Waals surface area contributed by atoms with E-state index in [9.17, 15) is 8.42 Å². The lowest BCUT2D eigenvalue weighted by Gasteiger charge is -2.32. The van der Waals surface area contributed by atoms with Crippen LogP contribution in [0.25, 0.3) is 0 Å². The van der Waals surface area contributed by atoms with E-state index in [1.54, 1.807) is 13.8 Å². The maximum atomic E-state index is 12.7. The molecule has 3 N–H and O–H groups in total. The fraction of sp³-hybridized carbons (Fsp3) is 0.733. The third kappa shape index (κ3) is 3.33. The van der Waals surface area contributed by atoms with E-state index in [-0.39, 0.29) is 17.5 Å². The minimum Gasteiger partial charge on any atom is -0.465 e. The highest BCUT2D eigenvalue weighted by molar-refractivity contribution is 7.89. The smallest absolute Gasteiger partial charge is 0.244 e. The first-order chi connectivity index (χ1) is 9.76. The van der Waals surface area contributed by atoms with Gasteiger partial charge in [-0.1, -0.05) is 13.8 Å². The Bertz CT molecular complexity index is 607. The topological polar surface area (TPSA) is 85.3 Å². The minimum absolute atomic E-state index is 0.00132. The number of aryl methyl sites for hydroxylation is 2. The first-order valence-electron chi connectivity index (χ1n) is 7.57. The van der Waals surface area contributed by atoms with Crippen molar-refractivity contribution in [2.24, 2.45) is 17.6 Å². The molecule has 1 aliphatic rings. The predicted molar refractivity (Wildman–Crippen MR) is 82.4 cm³/mol. The zero-order chi connectivity index (χ0) is 15.8. The fourth-order valence-electron chi connectivity index (χ4n) is 3.23. The van der Waals surface area contributed by atoms with Crippen molar-refractivity contribution in [1.29, 1.82) is 0 Å². The maximum absolute atomic E-state index is 12.7. The molecule has 6 heteroatoms. The van der Waals surface area contributed by atoms with Crippen LogP contribution in [-0.2, 0) is 16.6 Å². The Morgan fingerprint density at radius 1 is 1.19 bits per heavy atom. The summed E-state index contributed by atoms with van der Waals surface area (Å²) < 4.78 is 33.7. The Balaban J connectivity index is 2.23. The van der Waals surface area contributed by atoms with Crippen LogP contribution in [0.2, 0.25) is 0 Å². The molecule has 1 aliphatic carbocycles. The SMILES string of the molecule is Cc1oc(C)c(S(=O)(=O)NC2CCC(C)C(C)C2)c1CN. The van der Waals surface area contributed by atoms with Gasteiger partial charge in [-0.05, 0) is 44.9 Å². The van der Waals surface area contributed by atoms with E-state index in [1.165, 1.54) is 0 Å². The first-order valence-corrected chi connectivity index (χ1v) is 9.05. The summed E-state index contributed by atoms with van der Waals surface area (Å²) in [5.41, 5.74) is 6.26. The van der Waals surface area contributed by atoms with Gasteiger partial charge in [0.15, 0.2) is 0 Å². The van der Waals surface area contributed by atoms with Crippen molar-refractivity contribution in [3.05, 3.63) is 17.1 Å². The Hall–Kier alpha value is -0.850. The van der Waals surface area contributed by atoms with Gasteiger partial charge >= 0.3 is 0 Å². The van der Waals surface area contributed by atoms with Crippen LogP contribution in [-0.4, -0.2) is 14.5 Å². The second kappa shape index (κ2) is 6.10. The van der Waals surface area contributed by atoms with Crippen LogP contribution in [0.15, 0.2) is 9.31 Å². The van der Waals surface area contributed by atoms with Gasteiger partial charge < -0.3 is 10.2 Å². The zero-order valence-corrected chi connectivity index (χ0v) is 14.1. The lowest BCUT2D eigenvalue weighted by atomic mass is 9.79. The van der Waals surface area contributed by atoms with Crippen LogP contribution in [0.1, 0.15) is 50.2 Å². The molecular formula is C15H26N2O3S. The van der Waals surface area contributed by atoms with Gasteiger partial charge in [0.05, 0.1) is 0 Å². The summed E-state index contributed by atoms with van der Waals surface area (Å²) >= 11 is 0. The summed E-state index contributed by atoms with van der Waals surface area (Å²) in [4.78, 5) is 0.230. The summed E-state index contributed by atoms with van der Waals surface area (Å²) in [5.74, 6) is 2.19. The molecular weight excluding hydrogens is 288 g/mol. The highest BCUT2D eigenvalue weighted by Crippen LogP contribution is 2.31. The molecule has 3 unspecified atom stereocenters. The molecule has 120 valence electrons. The van der Waals surface area contributed by atoms with Gasteiger partial charge in [0.1, 0.15) is 16.4 Å². The lowest BCUT2D eigenvalue weighted by Crippen LogP contribution is -2.40. The number of furan rings is 1. The van der Waals surface area contributed by atoms with E-state index in [4.69, 9.17) is 10.2 Å². The standard InChI is InChI=1S/C15H26N2O3S/c1-9-5-6-13(7-10(9)2)17-21(18,19)15-12(4)20-11(3)14(15)8-16/h9-10,13,17H,5-8,16H2,1-4H3. The molecule has 0 saturated heterocycles. The van der Waals surface area contributed by atoms with Gasteiger partial charge in [0.2, 0.25) is 10.0 Å². The Morgan fingerprint density at radius 3 is 2.43 bits per heavy atom. The predicted octanol–water partition coefficient (Wildman–Crippen LogP) is 2.46. The molecule has 21 heavy (non-hydrogen) atoms. The van der Waals surface area contributed by atoms with Gasteiger partial charge in [-0.15, -0.1) is 0 Å². The van der Waals surface area contributed by atoms with Crippen molar-refractivity contribution >= 4 is 10.0 Å². The summed E-state index contributed by atoms with van der Waals surface area (Å²) in [6.07, 6.45) is 2.83. The summed E-state index contributed by atoms with van der Waals surface area (Å²) in [5, 5.41) is 0. The van der Waals surface area contributed by atoms with Crippen molar-refractivity contribution in [2.75, 3.05) is 0 Å². The summed E-state index contributed by atoms with van der Waals surface area (Å²) in [7, 11) is -3.58. The van der Waals surface area contributed by atoms with E-state index >= 15 is 0 Å². The van der Waals surface area contributed by atoms with E-state index in [1.807, 2.05) is 0 Å². The molecule has 0 aromatic carbocycles. The van der Waals surface area contributed by atoms with Crippen LogP contribution >= 0.6 is 0 Å². The average Bonchev–Trinajstić information content (AvgIpc) is 2.68. The number of nitrogens with two attached hydrogens (primary N) is 1. The van der Waals surface area contributed by atoms with Gasteiger partial charge in [0, 0.05) is 18.2 Å². The van der Waals surface area contributed by atoms with Crippen LogP contribution < -0.4 is 10.5 Å². The van der Waals surface area contributed by atoms with Crippen LogP contribution in [0.3, 0.4) is 0 Å². The molecule has 0 aliphatic heterocycles. The third-order valence-electron chi connectivity index (χ3n) is 4.72. The number of rotatable bonds is 4. The lowest BCUT2D eigenvalue weighted by molar-refractivity contribution is 0.242. The van der Waals surface area contributed by atoms with Gasteiger partial charge in [-0.3, -0.25) is 0 Å². The highest BCUT2D eigenvalue weighted by atomic mass is 32.2. The molecule has 1 heterocycles.